The van der Waals surface area contributed by atoms with Crippen molar-refractivity contribution in [3.8, 4) is 0 Å². The number of rotatable bonds is 9. The van der Waals surface area contributed by atoms with Crippen molar-refractivity contribution in [1.82, 2.24) is 9.55 Å². The molecule has 0 saturated heterocycles. The highest BCUT2D eigenvalue weighted by atomic mass is 19.1. The standard InChI is InChI=1S/C19H27FN4O3/c1-13(2)11-24-17(21)16(18(25)22-19(24)26)23(9-4-10-27-3)12-14-5-7-15(20)8-6-14/h5-8,13H,4,9-12,21H2,1-3H3,(H,22,25,26). The van der Waals surface area contributed by atoms with E-state index < -0.39 is 11.2 Å². The second-order valence-corrected chi connectivity index (χ2v) is 6.89. The highest BCUT2D eigenvalue weighted by molar-refractivity contribution is 5.62. The van der Waals surface area contributed by atoms with Gasteiger partial charge in [-0.25, -0.2) is 9.18 Å². The number of nitrogens with zero attached hydrogens (tertiary/aromatic N) is 2. The lowest BCUT2D eigenvalue weighted by Gasteiger charge is -2.26. The number of benzene rings is 1. The van der Waals surface area contributed by atoms with E-state index in [1.807, 2.05) is 13.8 Å². The Labute approximate surface area is 157 Å². The van der Waals surface area contributed by atoms with Gasteiger partial charge in [-0.3, -0.25) is 14.3 Å². The molecule has 0 atom stereocenters. The Kier molecular flexibility index (Phi) is 7.18. The van der Waals surface area contributed by atoms with Gasteiger partial charge in [0.2, 0.25) is 0 Å². The van der Waals surface area contributed by atoms with Crippen LogP contribution in [0, 0.1) is 11.7 Å². The maximum atomic E-state index is 13.2. The lowest BCUT2D eigenvalue weighted by molar-refractivity contribution is 0.196. The van der Waals surface area contributed by atoms with Crippen LogP contribution in [0.15, 0.2) is 33.9 Å². The van der Waals surface area contributed by atoms with Gasteiger partial charge in [-0.15, -0.1) is 0 Å². The number of nitrogen functional groups attached to an aromatic ring is 1. The first-order chi connectivity index (χ1) is 12.8. The van der Waals surface area contributed by atoms with E-state index >= 15 is 0 Å². The maximum absolute atomic E-state index is 13.2. The molecule has 1 heterocycles. The third kappa shape index (κ3) is 5.43. The number of halogens is 1. The number of hydrogen-bond acceptors (Lipinski definition) is 5. The van der Waals surface area contributed by atoms with Crippen molar-refractivity contribution in [3.63, 3.8) is 0 Å². The summed E-state index contributed by atoms with van der Waals surface area (Å²) >= 11 is 0. The summed E-state index contributed by atoms with van der Waals surface area (Å²) in [5.41, 5.74) is 6.25. The zero-order chi connectivity index (χ0) is 20.0. The van der Waals surface area contributed by atoms with E-state index in [0.717, 1.165) is 5.56 Å². The monoisotopic (exact) mass is 378 g/mol. The fraction of sp³-hybridized carbons (Fsp3) is 0.474. The highest BCUT2D eigenvalue weighted by Crippen LogP contribution is 2.20. The second-order valence-electron chi connectivity index (χ2n) is 6.89. The van der Waals surface area contributed by atoms with Crippen LogP contribution in [-0.4, -0.2) is 29.8 Å². The molecule has 0 radical (unpaired) electrons. The molecule has 0 aliphatic carbocycles. The van der Waals surface area contributed by atoms with E-state index in [1.54, 1.807) is 24.1 Å². The van der Waals surface area contributed by atoms with Crippen LogP contribution in [0.1, 0.15) is 25.8 Å². The van der Waals surface area contributed by atoms with Crippen LogP contribution in [-0.2, 0) is 17.8 Å². The Bertz CT molecular complexity index is 859. The Hall–Kier alpha value is -2.61. The minimum absolute atomic E-state index is 0.136. The molecule has 2 aromatic rings. The van der Waals surface area contributed by atoms with E-state index in [-0.39, 0.29) is 23.2 Å². The summed E-state index contributed by atoms with van der Waals surface area (Å²) in [5.74, 6) is -0.00713. The number of aromatic nitrogens is 2. The first kappa shape index (κ1) is 20.7. The van der Waals surface area contributed by atoms with E-state index in [4.69, 9.17) is 10.5 Å². The average Bonchev–Trinajstić information content (AvgIpc) is 2.60. The Balaban J connectivity index is 2.45. The van der Waals surface area contributed by atoms with Crippen LogP contribution in [0.5, 0.6) is 0 Å². The van der Waals surface area contributed by atoms with Crippen molar-refractivity contribution in [2.75, 3.05) is 30.9 Å². The molecular weight excluding hydrogens is 351 g/mol. The lowest BCUT2D eigenvalue weighted by Crippen LogP contribution is -2.39. The molecule has 0 aliphatic heterocycles. The van der Waals surface area contributed by atoms with Crippen LogP contribution in [0.4, 0.5) is 15.9 Å². The van der Waals surface area contributed by atoms with Crippen molar-refractivity contribution < 1.29 is 9.13 Å². The Morgan fingerprint density at radius 3 is 2.52 bits per heavy atom. The molecule has 1 aromatic carbocycles. The zero-order valence-electron chi connectivity index (χ0n) is 16.0. The second kappa shape index (κ2) is 9.36. The summed E-state index contributed by atoms with van der Waals surface area (Å²) in [7, 11) is 1.61. The molecule has 0 unspecified atom stereocenters. The van der Waals surface area contributed by atoms with Crippen LogP contribution < -0.4 is 21.9 Å². The first-order valence-electron chi connectivity index (χ1n) is 8.94. The summed E-state index contributed by atoms with van der Waals surface area (Å²) in [6, 6.07) is 6.06. The molecule has 148 valence electrons. The van der Waals surface area contributed by atoms with Crippen LogP contribution >= 0.6 is 0 Å². The fourth-order valence-corrected chi connectivity index (χ4v) is 2.91. The summed E-state index contributed by atoms with van der Waals surface area (Å²) in [6.07, 6.45) is 0.667. The first-order valence-corrected chi connectivity index (χ1v) is 8.94. The number of methoxy groups -OCH3 is 1. The molecule has 3 N–H and O–H groups in total. The molecule has 0 aliphatic rings. The van der Waals surface area contributed by atoms with Gasteiger partial charge in [0, 0.05) is 33.4 Å². The van der Waals surface area contributed by atoms with Gasteiger partial charge < -0.3 is 15.4 Å². The predicted molar refractivity (Wildman–Crippen MR) is 105 cm³/mol. The van der Waals surface area contributed by atoms with Gasteiger partial charge in [0.05, 0.1) is 0 Å². The van der Waals surface area contributed by atoms with Gasteiger partial charge in [0.15, 0.2) is 0 Å². The van der Waals surface area contributed by atoms with Crippen molar-refractivity contribution in [2.24, 2.45) is 5.92 Å². The van der Waals surface area contributed by atoms with Gasteiger partial charge >= 0.3 is 5.69 Å². The molecule has 1 aromatic heterocycles. The number of nitrogens with one attached hydrogen (secondary N) is 1. The van der Waals surface area contributed by atoms with Gasteiger partial charge in [-0.2, -0.15) is 0 Å². The number of ether oxygens (including phenoxy) is 1. The summed E-state index contributed by atoms with van der Waals surface area (Å²) < 4.78 is 19.7. The number of anilines is 2. The van der Waals surface area contributed by atoms with E-state index in [2.05, 4.69) is 4.98 Å². The van der Waals surface area contributed by atoms with E-state index in [1.165, 1.54) is 16.7 Å². The minimum Gasteiger partial charge on any atom is -0.385 e. The van der Waals surface area contributed by atoms with Crippen molar-refractivity contribution in [1.29, 1.82) is 0 Å². The Morgan fingerprint density at radius 2 is 1.93 bits per heavy atom. The predicted octanol–water partition coefficient (Wildman–Crippen LogP) is 1.96. The fourth-order valence-electron chi connectivity index (χ4n) is 2.91. The summed E-state index contributed by atoms with van der Waals surface area (Å²) in [4.78, 5) is 28.9. The third-order valence-corrected chi connectivity index (χ3v) is 4.14. The molecule has 8 heteroatoms. The molecule has 2 rings (SSSR count). The van der Waals surface area contributed by atoms with Crippen LogP contribution in [0.3, 0.4) is 0 Å². The van der Waals surface area contributed by atoms with Crippen molar-refractivity contribution >= 4 is 11.5 Å². The van der Waals surface area contributed by atoms with Gasteiger partial charge in [0.25, 0.3) is 5.56 Å². The van der Waals surface area contributed by atoms with E-state index in [0.29, 0.717) is 32.7 Å². The number of aromatic amines is 1. The lowest BCUT2D eigenvalue weighted by atomic mass is 10.2. The zero-order valence-corrected chi connectivity index (χ0v) is 16.0. The summed E-state index contributed by atoms with van der Waals surface area (Å²) in [6.45, 7) is 5.70. The van der Waals surface area contributed by atoms with Crippen LogP contribution in [0.2, 0.25) is 0 Å². The van der Waals surface area contributed by atoms with Crippen LogP contribution in [0.25, 0.3) is 0 Å². The quantitative estimate of drug-likeness (QED) is 0.651. The number of nitrogens with two attached hydrogens (primary N) is 1. The number of hydrogen-bond donors (Lipinski definition) is 2. The van der Waals surface area contributed by atoms with Crippen molar-refractivity contribution in [2.45, 2.75) is 33.4 Å². The molecule has 0 amide bonds. The van der Waals surface area contributed by atoms with Gasteiger partial charge in [-0.05, 0) is 30.0 Å². The molecule has 7 nitrogen and oxygen atoms in total. The number of H-pyrrole nitrogens is 1. The SMILES string of the molecule is COCCCN(Cc1ccc(F)cc1)c1c(N)n(CC(C)C)c(=O)[nH]c1=O. The molecule has 0 spiro atoms. The maximum Gasteiger partial charge on any atom is 0.330 e. The molecule has 0 bridgehead atoms. The molecular formula is C19H27FN4O3. The average molecular weight is 378 g/mol. The topological polar surface area (TPSA) is 93.3 Å². The Morgan fingerprint density at radius 1 is 1.26 bits per heavy atom. The minimum atomic E-state index is -0.531. The highest BCUT2D eigenvalue weighted by Gasteiger charge is 2.19. The van der Waals surface area contributed by atoms with Gasteiger partial charge in [-0.1, -0.05) is 26.0 Å². The molecule has 27 heavy (non-hydrogen) atoms. The van der Waals surface area contributed by atoms with Gasteiger partial charge in [0.1, 0.15) is 17.3 Å². The van der Waals surface area contributed by atoms with Crippen molar-refractivity contribution in [3.05, 3.63) is 56.5 Å². The largest absolute Gasteiger partial charge is 0.385 e. The summed E-state index contributed by atoms with van der Waals surface area (Å²) in [5, 5.41) is 0. The molecule has 0 saturated carbocycles. The molecule has 0 fully saturated rings. The van der Waals surface area contributed by atoms with E-state index in [9.17, 15) is 14.0 Å². The normalized spacial score (nSPS) is 11.1. The smallest absolute Gasteiger partial charge is 0.330 e. The third-order valence-electron chi connectivity index (χ3n) is 4.14.